The van der Waals surface area contributed by atoms with Gasteiger partial charge in [-0.25, -0.2) is 14.6 Å². The molecular weight excluding hydrogens is 590 g/mol. The molecule has 0 saturated heterocycles. The average molecular weight is 632 g/mol. The Morgan fingerprint density at radius 3 is 2.43 bits per heavy atom. The molecule has 244 valence electrons. The highest BCUT2D eigenvalue weighted by molar-refractivity contribution is 5.86. The van der Waals surface area contributed by atoms with Crippen molar-refractivity contribution < 1.29 is 34.1 Å². The van der Waals surface area contributed by atoms with Crippen LogP contribution in [-0.4, -0.2) is 49.9 Å². The lowest BCUT2D eigenvalue weighted by molar-refractivity contribution is -0.177. The van der Waals surface area contributed by atoms with E-state index in [1.807, 2.05) is 38.1 Å². The Bertz CT molecular complexity index is 1810. The number of aromatic nitrogens is 2. The number of cyclic esters (lactones) is 1. The van der Waals surface area contributed by atoms with Gasteiger partial charge in [0, 0.05) is 28.5 Å². The number of nitrogens with one attached hydrogen (secondary N) is 1. The molecule has 11 nitrogen and oxygen atoms in total. The van der Waals surface area contributed by atoms with Gasteiger partial charge in [-0.3, -0.25) is 9.59 Å². The third-order valence-corrected chi connectivity index (χ3v) is 10.1. The third-order valence-electron chi connectivity index (χ3n) is 10.1. The van der Waals surface area contributed by atoms with Crippen LogP contribution in [0, 0.1) is 5.92 Å². The quantitative estimate of drug-likeness (QED) is 0.247. The molecule has 1 fully saturated rings. The average Bonchev–Trinajstić information content (AvgIpc) is 3.37. The molecule has 1 saturated carbocycles. The highest BCUT2D eigenvalue weighted by atomic mass is 16.6. The summed E-state index contributed by atoms with van der Waals surface area (Å²) in [6.45, 7) is 9.70. The number of carbonyl (C=O) groups excluding carboxylic acids is 2. The molecule has 0 spiro atoms. The molecule has 1 amide bonds. The third kappa shape index (κ3) is 5.24. The number of rotatable bonds is 6. The molecule has 1 aromatic carbocycles. The van der Waals surface area contributed by atoms with Gasteiger partial charge < -0.3 is 29.6 Å². The number of nitrogens with zero attached hydrogens (tertiary/aromatic N) is 2. The maximum absolute atomic E-state index is 14.0. The van der Waals surface area contributed by atoms with Crippen molar-refractivity contribution in [3.8, 4) is 11.4 Å². The maximum Gasteiger partial charge on any atom is 0.407 e. The van der Waals surface area contributed by atoms with Crippen molar-refractivity contribution in [2.75, 3.05) is 6.54 Å². The van der Waals surface area contributed by atoms with Gasteiger partial charge in [-0.15, -0.1) is 0 Å². The van der Waals surface area contributed by atoms with Crippen molar-refractivity contribution in [3.05, 3.63) is 62.9 Å². The first-order chi connectivity index (χ1) is 21.7. The topological polar surface area (TPSA) is 157 Å². The second-order valence-corrected chi connectivity index (χ2v) is 13.9. The van der Waals surface area contributed by atoms with Crippen molar-refractivity contribution in [1.82, 2.24) is 14.9 Å². The maximum atomic E-state index is 14.0. The zero-order valence-electron chi connectivity index (χ0n) is 26.9. The summed E-state index contributed by atoms with van der Waals surface area (Å²) >= 11 is 0. The lowest BCUT2D eigenvalue weighted by atomic mass is 9.66. The van der Waals surface area contributed by atoms with Gasteiger partial charge in [0.25, 0.3) is 5.56 Å². The molecular formula is C35H41N3O8. The number of alkyl carbamates (subject to hydrolysis) is 1. The number of benzene rings is 1. The van der Waals surface area contributed by atoms with Crippen LogP contribution < -0.4 is 10.9 Å². The number of carbonyl (C=O) groups is 3. The minimum atomic E-state index is -1.55. The Hall–Kier alpha value is -4.25. The normalized spacial score (nSPS) is 23.2. The van der Waals surface area contributed by atoms with E-state index in [1.54, 1.807) is 31.4 Å². The van der Waals surface area contributed by atoms with E-state index in [0.717, 1.165) is 16.5 Å². The Morgan fingerprint density at radius 2 is 1.80 bits per heavy atom. The van der Waals surface area contributed by atoms with Gasteiger partial charge in [-0.05, 0) is 89.1 Å². The molecule has 1 aliphatic carbocycles. The standard InChI is InChI=1S/C35H41N3O8/c1-6-35(7-2)26-23(28(39)31(43)45-35)16-25-27-21(17-38(25)29(26)40)14-20-15-22(8-9-24(20)37-27)34(12-10-19(11-13-34)30(41)42)18-36-32(44)46-33(3,4)5/h8-9,14-16,19,28,39H,6-7,10-13,17-18H2,1-5H3,(H,36,44)(H,41,42). The summed E-state index contributed by atoms with van der Waals surface area (Å²) in [5, 5.41) is 24.2. The summed E-state index contributed by atoms with van der Waals surface area (Å²) in [5.41, 5.74) is 1.72. The number of amides is 1. The molecule has 2 aromatic heterocycles. The number of carboxylic acids is 1. The lowest BCUT2D eigenvalue weighted by Gasteiger charge is -2.40. The van der Waals surface area contributed by atoms with Crippen LogP contribution in [-0.2, 0) is 36.6 Å². The number of fused-ring (bicyclic) bond motifs is 5. The van der Waals surface area contributed by atoms with Crippen LogP contribution >= 0.6 is 0 Å². The van der Waals surface area contributed by atoms with E-state index in [-0.39, 0.29) is 17.7 Å². The molecule has 11 heteroatoms. The van der Waals surface area contributed by atoms with E-state index in [1.165, 1.54) is 0 Å². The lowest BCUT2D eigenvalue weighted by Crippen LogP contribution is -2.45. The highest BCUT2D eigenvalue weighted by Crippen LogP contribution is 2.45. The molecule has 1 unspecified atom stereocenters. The van der Waals surface area contributed by atoms with Crippen molar-refractivity contribution in [1.29, 1.82) is 0 Å². The first-order valence-corrected chi connectivity index (χ1v) is 16.0. The first-order valence-electron chi connectivity index (χ1n) is 16.0. The summed E-state index contributed by atoms with van der Waals surface area (Å²) in [7, 11) is 0. The van der Waals surface area contributed by atoms with Gasteiger partial charge in [0.15, 0.2) is 6.10 Å². The zero-order valence-corrected chi connectivity index (χ0v) is 26.9. The Balaban J connectivity index is 1.39. The van der Waals surface area contributed by atoms with E-state index in [9.17, 15) is 29.4 Å². The number of ether oxygens (including phenoxy) is 2. The van der Waals surface area contributed by atoms with E-state index in [4.69, 9.17) is 14.5 Å². The minimum absolute atomic E-state index is 0.276. The molecule has 3 aliphatic rings. The number of esters is 1. The molecule has 6 rings (SSSR count). The summed E-state index contributed by atoms with van der Waals surface area (Å²) in [6, 6.07) is 9.65. The Morgan fingerprint density at radius 1 is 1.11 bits per heavy atom. The van der Waals surface area contributed by atoms with E-state index in [0.29, 0.717) is 67.5 Å². The predicted octanol–water partition coefficient (Wildman–Crippen LogP) is 5.07. The highest BCUT2D eigenvalue weighted by Gasteiger charge is 2.47. The monoisotopic (exact) mass is 631 g/mol. The van der Waals surface area contributed by atoms with Gasteiger partial charge in [0.2, 0.25) is 0 Å². The minimum Gasteiger partial charge on any atom is -0.481 e. The number of hydrogen-bond donors (Lipinski definition) is 3. The molecule has 1 atom stereocenters. The smallest absolute Gasteiger partial charge is 0.407 e. The summed E-state index contributed by atoms with van der Waals surface area (Å²) < 4.78 is 12.8. The van der Waals surface area contributed by atoms with Crippen molar-refractivity contribution in [2.45, 2.75) is 102 Å². The van der Waals surface area contributed by atoms with E-state index in [2.05, 4.69) is 5.32 Å². The number of pyridine rings is 2. The van der Waals surface area contributed by atoms with Crippen molar-refractivity contribution in [3.63, 3.8) is 0 Å². The molecule has 4 heterocycles. The number of aliphatic hydroxyl groups is 1. The molecule has 3 aromatic rings. The number of aliphatic carboxylic acids is 1. The summed E-state index contributed by atoms with van der Waals surface area (Å²) in [4.78, 5) is 56.0. The molecule has 46 heavy (non-hydrogen) atoms. The van der Waals surface area contributed by atoms with Crippen molar-refractivity contribution >= 4 is 28.9 Å². The SMILES string of the molecule is CCC1(CC)OC(=O)C(O)c2cc3n(c(=O)c21)Cc1cc2cc(C4(CNC(=O)OC(C)(C)C)CCC(C(=O)O)CC4)ccc2nc1-3. The molecule has 2 aliphatic heterocycles. The number of carboxylic acid groups (broad SMARTS) is 1. The van der Waals surface area contributed by atoms with Gasteiger partial charge in [-0.2, -0.15) is 0 Å². The molecule has 0 radical (unpaired) electrons. The Labute approximate surface area is 266 Å². The molecule has 0 bridgehead atoms. The van der Waals surface area contributed by atoms with E-state index < -0.39 is 46.7 Å². The fraction of sp³-hybridized carbons (Fsp3) is 0.514. The number of hydrogen-bond acceptors (Lipinski definition) is 8. The second-order valence-electron chi connectivity index (χ2n) is 13.9. The van der Waals surface area contributed by atoms with Crippen LogP contribution in [0.3, 0.4) is 0 Å². The summed E-state index contributed by atoms with van der Waals surface area (Å²) in [5.74, 6) is -1.99. The fourth-order valence-corrected chi connectivity index (χ4v) is 7.47. The van der Waals surface area contributed by atoms with Crippen LogP contribution in [0.25, 0.3) is 22.3 Å². The van der Waals surface area contributed by atoms with Crippen LogP contribution in [0.4, 0.5) is 4.79 Å². The van der Waals surface area contributed by atoms with E-state index >= 15 is 0 Å². The van der Waals surface area contributed by atoms with Crippen LogP contribution in [0.1, 0.15) is 102 Å². The van der Waals surface area contributed by atoms with Gasteiger partial charge in [-0.1, -0.05) is 19.9 Å². The predicted molar refractivity (Wildman–Crippen MR) is 169 cm³/mol. The summed E-state index contributed by atoms with van der Waals surface area (Å²) in [6.07, 6.45) is 0.872. The fourth-order valence-electron chi connectivity index (χ4n) is 7.47. The number of aliphatic hydroxyl groups excluding tert-OH is 1. The van der Waals surface area contributed by atoms with Gasteiger partial charge in [0.05, 0.1) is 34.9 Å². The Kier molecular flexibility index (Phi) is 7.74. The second kappa shape index (κ2) is 11.2. The van der Waals surface area contributed by atoms with Crippen LogP contribution in [0.2, 0.25) is 0 Å². The van der Waals surface area contributed by atoms with Crippen molar-refractivity contribution in [2.24, 2.45) is 5.92 Å². The zero-order chi connectivity index (χ0) is 33.2. The van der Waals surface area contributed by atoms with Crippen LogP contribution in [0.5, 0.6) is 0 Å². The first kappa shape index (κ1) is 31.7. The molecule has 3 N–H and O–H groups in total. The van der Waals surface area contributed by atoms with Gasteiger partial charge in [0.1, 0.15) is 11.2 Å². The van der Waals surface area contributed by atoms with Gasteiger partial charge >= 0.3 is 18.0 Å². The largest absolute Gasteiger partial charge is 0.481 e. The van der Waals surface area contributed by atoms with Crippen LogP contribution in [0.15, 0.2) is 35.1 Å².